The molecule has 158 valence electrons. The smallest absolute Gasteiger partial charge is 0.410 e. The Bertz CT molecular complexity index is 1170. The molecule has 1 aromatic carbocycles. The summed E-state index contributed by atoms with van der Waals surface area (Å²) in [5.74, 6) is -0.116. The van der Waals surface area contributed by atoms with Gasteiger partial charge in [-0.1, -0.05) is 12.1 Å². The fourth-order valence-corrected chi connectivity index (χ4v) is 3.75. The normalized spacial score (nSPS) is 15.4. The van der Waals surface area contributed by atoms with Gasteiger partial charge in [0.15, 0.2) is 0 Å². The zero-order valence-corrected chi connectivity index (χ0v) is 17.5. The molecule has 0 radical (unpaired) electrons. The molecule has 2 aromatic heterocycles. The minimum absolute atomic E-state index is 0.116. The van der Waals surface area contributed by atoms with Gasteiger partial charge in [-0.05, 0) is 45.4 Å². The Hall–Kier alpha value is -3.29. The molecule has 4 rings (SSSR count). The molecule has 3 heterocycles. The van der Waals surface area contributed by atoms with Crippen molar-refractivity contribution in [2.45, 2.75) is 32.8 Å². The van der Waals surface area contributed by atoms with E-state index in [1.54, 1.807) is 28.1 Å². The second-order valence-electron chi connectivity index (χ2n) is 8.57. The summed E-state index contributed by atoms with van der Waals surface area (Å²) >= 11 is 0. The first-order valence-electron chi connectivity index (χ1n) is 10.1. The number of rotatable bonds is 1. The first-order valence-corrected chi connectivity index (χ1v) is 10.1. The molecule has 0 unspecified atom stereocenters. The van der Waals surface area contributed by atoms with Crippen molar-refractivity contribution in [1.29, 1.82) is 0 Å². The fraction of sp³-hybridized carbons (Fsp3) is 0.409. The maximum Gasteiger partial charge on any atom is 0.410 e. The summed E-state index contributed by atoms with van der Waals surface area (Å²) in [4.78, 5) is 44.0. The lowest BCUT2D eigenvalue weighted by atomic mass is 10.2. The van der Waals surface area contributed by atoms with Crippen molar-refractivity contribution in [1.82, 2.24) is 19.2 Å². The highest BCUT2D eigenvalue weighted by Crippen LogP contribution is 2.18. The van der Waals surface area contributed by atoms with Crippen LogP contribution in [0.2, 0.25) is 0 Å². The van der Waals surface area contributed by atoms with Crippen molar-refractivity contribution in [2.24, 2.45) is 0 Å². The third-order valence-corrected chi connectivity index (χ3v) is 5.15. The molecule has 1 N–H and O–H groups in total. The number of carbonyl (C=O) groups excluding carboxylic acids is 2. The van der Waals surface area contributed by atoms with E-state index in [2.05, 4.69) is 4.98 Å². The van der Waals surface area contributed by atoms with Crippen LogP contribution in [0, 0.1) is 0 Å². The Kier molecular flexibility index (Phi) is 5.01. The van der Waals surface area contributed by atoms with Crippen LogP contribution < -0.4 is 5.56 Å². The number of para-hydroxylation sites is 1. The van der Waals surface area contributed by atoms with Gasteiger partial charge < -0.3 is 23.9 Å². The lowest BCUT2D eigenvalue weighted by molar-refractivity contribution is 0.0255. The number of aromatic amines is 1. The van der Waals surface area contributed by atoms with Crippen LogP contribution in [0.1, 0.15) is 37.6 Å². The van der Waals surface area contributed by atoms with Crippen LogP contribution in [-0.4, -0.2) is 63.0 Å². The number of nitrogens with zero attached hydrogens (tertiary/aromatic N) is 3. The number of nitrogens with one attached hydrogen (secondary N) is 1. The zero-order chi connectivity index (χ0) is 21.5. The van der Waals surface area contributed by atoms with Crippen molar-refractivity contribution in [3.8, 4) is 0 Å². The van der Waals surface area contributed by atoms with E-state index in [1.807, 2.05) is 43.4 Å². The zero-order valence-electron chi connectivity index (χ0n) is 17.5. The average molecular weight is 410 g/mol. The van der Waals surface area contributed by atoms with E-state index in [-0.39, 0.29) is 17.6 Å². The number of H-pyrrole nitrogens is 1. The molecule has 1 fully saturated rings. The van der Waals surface area contributed by atoms with Gasteiger partial charge in [0, 0.05) is 32.4 Å². The molecule has 0 saturated carbocycles. The molecule has 0 aliphatic carbocycles. The highest BCUT2D eigenvalue weighted by atomic mass is 16.6. The lowest BCUT2D eigenvalue weighted by Crippen LogP contribution is -2.40. The van der Waals surface area contributed by atoms with E-state index in [0.29, 0.717) is 49.2 Å². The Balaban J connectivity index is 1.55. The molecular formula is C22H26N4O4. The summed E-state index contributed by atoms with van der Waals surface area (Å²) in [6.07, 6.45) is 2.08. The van der Waals surface area contributed by atoms with Gasteiger partial charge in [0.2, 0.25) is 0 Å². The maximum absolute atomic E-state index is 13.1. The molecule has 8 heteroatoms. The van der Waals surface area contributed by atoms with E-state index in [9.17, 15) is 14.4 Å². The molecule has 1 saturated heterocycles. The minimum Gasteiger partial charge on any atom is -0.444 e. The Morgan fingerprint density at radius 3 is 2.50 bits per heavy atom. The number of hydrogen-bond acceptors (Lipinski definition) is 4. The number of amides is 2. The van der Waals surface area contributed by atoms with Crippen LogP contribution in [-0.2, 0) is 4.74 Å². The number of aromatic nitrogens is 2. The summed E-state index contributed by atoms with van der Waals surface area (Å²) in [5.41, 5.74) is 1.10. The number of hydrogen-bond donors (Lipinski definition) is 1. The van der Waals surface area contributed by atoms with Crippen molar-refractivity contribution in [3.05, 3.63) is 52.4 Å². The van der Waals surface area contributed by atoms with Gasteiger partial charge in [0.05, 0.1) is 16.5 Å². The van der Waals surface area contributed by atoms with Gasteiger partial charge >= 0.3 is 6.09 Å². The van der Waals surface area contributed by atoms with Crippen molar-refractivity contribution >= 4 is 28.6 Å². The SMILES string of the molecule is CC(C)(C)OC(=O)N1CCCN(C(=O)c2cc3[nH]c(=O)c4ccccc4n3c2)CC1. The van der Waals surface area contributed by atoms with E-state index >= 15 is 0 Å². The fourth-order valence-electron chi connectivity index (χ4n) is 3.75. The molecule has 0 atom stereocenters. The molecule has 0 bridgehead atoms. The lowest BCUT2D eigenvalue weighted by Gasteiger charge is -2.26. The Morgan fingerprint density at radius 1 is 1.03 bits per heavy atom. The molecule has 3 aromatic rings. The predicted molar refractivity (Wildman–Crippen MR) is 114 cm³/mol. The van der Waals surface area contributed by atoms with Crippen molar-refractivity contribution < 1.29 is 14.3 Å². The standard InChI is InChI=1S/C22H26N4O4/c1-22(2,3)30-21(29)25-10-6-9-24(11-12-25)20(28)15-13-18-23-19(27)16-7-4-5-8-17(16)26(18)14-15/h4-5,7-8,13-14H,6,9-12H2,1-3H3,(H,23,27). The molecule has 8 nitrogen and oxygen atoms in total. The van der Waals surface area contributed by atoms with Crippen LogP contribution in [0.25, 0.3) is 16.6 Å². The second kappa shape index (κ2) is 7.51. The van der Waals surface area contributed by atoms with E-state index in [4.69, 9.17) is 4.74 Å². The highest BCUT2D eigenvalue weighted by Gasteiger charge is 2.27. The largest absolute Gasteiger partial charge is 0.444 e. The predicted octanol–water partition coefficient (Wildman–Crippen LogP) is 2.86. The molecule has 2 amide bonds. The topological polar surface area (TPSA) is 87.1 Å². The Morgan fingerprint density at radius 2 is 1.73 bits per heavy atom. The molecule has 1 aliphatic rings. The number of ether oxygens (including phenoxy) is 1. The van der Waals surface area contributed by atoms with E-state index in [0.717, 1.165) is 5.52 Å². The molecular weight excluding hydrogens is 384 g/mol. The monoisotopic (exact) mass is 410 g/mol. The third-order valence-electron chi connectivity index (χ3n) is 5.15. The van der Waals surface area contributed by atoms with Crippen LogP contribution in [0.5, 0.6) is 0 Å². The minimum atomic E-state index is -0.550. The molecule has 30 heavy (non-hydrogen) atoms. The highest BCUT2D eigenvalue weighted by molar-refractivity contribution is 5.96. The van der Waals surface area contributed by atoms with Crippen LogP contribution in [0.4, 0.5) is 4.79 Å². The van der Waals surface area contributed by atoms with Gasteiger partial charge in [-0.25, -0.2) is 4.79 Å². The summed E-state index contributed by atoms with van der Waals surface area (Å²) < 4.78 is 7.28. The van der Waals surface area contributed by atoms with Crippen LogP contribution in [0.15, 0.2) is 41.3 Å². The first kappa shape index (κ1) is 20.0. The molecule has 0 spiro atoms. The van der Waals surface area contributed by atoms with Crippen molar-refractivity contribution in [2.75, 3.05) is 26.2 Å². The summed E-state index contributed by atoms with van der Waals surface area (Å²) in [5, 5.41) is 0.572. The Labute approximate surface area is 174 Å². The van der Waals surface area contributed by atoms with E-state index in [1.165, 1.54) is 0 Å². The van der Waals surface area contributed by atoms with Gasteiger partial charge in [0.1, 0.15) is 11.2 Å². The van der Waals surface area contributed by atoms with Gasteiger partial charge in [0.25, 0.3) is 11.5 Å². The summed E-state index contributed by atoms with van der Waals surface area (Å²) in [6, 6.07) is 8.99. The van der Waals surface area contributed by atoms with Gasteiger partial charge in [-0.3, -0.25) is 9.59 Å². The second-order valence-corrected chi connectivity index (χ2v) is 8.57. The van der Waals surface area contributed by atoms with Crippen LogP contribution in [0.3, 0.4) is 0 Å². The summed E-state index contributed by atoms with van der Waals surface area (Å²) in [6.45, 7) is 7.48. The van der Waals surface area contributed by atoms with Gasteiger partial charge in [-0.15, -0.1) is 0 Å². The van der Waals surface area contributed by atoms with Gasteiger partial charge in [-0.2, -0.15) is 0 Å². The summed E-state index contributed by atoms with van der Waals surface area (Å²) in [7, 11) is 0. The van der Waals surface area contributed by atoms with Crippen molar-refractivity contribution in [3.63, 3.8) is 0 Å². The number of carbonyl (C=O) groups is 2. The average Bonchev–Trinajstić information content (AvgIpc) is 2.95. The molecule has 1 aliphatic heterocycles. The quantitative estimate of drug-likeness (QED) is 0.668. The first-order chi connectivity index (χ1) is 14.2. The van der Waals surface area contributed by atoms with Crippen LogP contribution >= 0.6 is 0 Å². The number of fused-ring (bicyclic) bond motifs is 3. The number of benzene rings is 1. The maximum atomic E-state index is 13.1. The third kappa shape index (κ3) is 3.90. The van der Waals surface area contributed by atoms with E-state index < -0.39 is 5.60 Å².